The molecule has 0 spiro atoms. The third kappa shape index (κ3) is 4.51. The summed E-state index contributed by atoms with van der Waals surface area (Å²) in [7, 11) is 0. The molecule has 0 aromatic heterocycles. The lowest BCUT2D eigenvalue weighted by atomic mass is 9.89. The lowest BCUT2D eigenvalue weighted by molar-refractivity contribution is 0.101. The molecule has 2 aliphatic heterocycles. The summed E-state index contributed by atoms with van der Waals surface area (Å²) in [5, 5.41) is 4.32. The number of amidine groups is 1. The van der Waals surface area contributed by atoms with Gasteiger partial charge in [0.1, 0.15) is 17.7 Å². The second-order valence-corrected chi connectivity index (χ2v) is 9.14. The fourth-order valence-corrected chi connectivity index (χ4v) is 4.82. The highest BCUT2D eigenvalue weighted by Crippen LogP contribution is 2.38. The second kappa shape index (κ2) is 8.99. The number of rotatable bonds is 3. The average Bonchev–Trinajstić information content (AvgIpc) is 2.84. The van der Waals surface area contributed by atoms with Crippen molar-refractivity contribution in [3.05, 3.63) is 94.3 Å². The predicted octanol–water partition coefficient (Wildman–Crippen LogP) is 6.76. The van der Waals surface area contributed by atoms with Crippen molar-refractivity contribution >= 4 is 34.6 Å². The molecule has 0 aliphatic carbocycles. The SMILES string of the molecule is CC(=O)c1ccc2c(c1)NC(c1ccc(F)cc1)C(N1CCC(c3ccc(Cl)cc3)CC1)=N2. The Morgan fingerprint density at radius 1 is 1.00 bits per heavy atom. The number of piperidine rings is 1. The molecule has 1 saturated heterocycles. The maximum absolute atomic E-state index is 13.6. The van der Waals surface area contributed by atoms with E-state index < -0.39 is 0 Å². The summed E-state index contributed by atoms with van der Waals surface area (Å²) in [6.07, 6.45) is 2.04. The van der Waals surface area contributed by atoms with Crippen LogP contribution in [0.15, 0.2) is 71.7 Å². The van der Waals surface area contributed by atoms with E-state index in [2.05, 4.69) is 22.3 Å². The normalized spacial score (nSPS) is 18.3. The van der Waals surface area contributed by atoms with Gasteiger partial charge in [-0.15, -0.1) is 0 Å². The highest BCUT2D eigenvalue weighted by molar-refractivity contribution is 6.30. The Balaban J connectivity index is 1.44. The summed E-state index contributed by atoms with van der Waals surface area (Å²) in [6, 6.07) is 20.0. The molecular formula is C27H25ClFN3O. The van der Waals surface area contributed by atoms with Crippen LogP contribution in [-0.2, 0) is 0 Å². The van der Waals surface area contributed by atoms with Crippen LogP contribution in [0.3, 0.4) is 0 Å². The summed E-state index contributed by atoms with van der Waals surface area (Å²) >= 11 is 6.05. The summed E-state index contributed by atoms with van der Waals surface area (Å²) in [5.41, 5.74) is 4.53. The number of Topliss-reactive ketones (excluding diaryl/α,β-unsaturated/α-hetero) is 1. The molecule has 1 N–H and O–H groups in total. The van der Waals surface area contributed by atoms with Gasteiger partial charge in [-0.25, -0.2) is 9.38 Å². The van der Waals surface area contributed by atoms with Gasteiger partial charge >= 0.3 is 0 Å². The van der Waals surface area contributed by atoms with Crippen LogP contribution < -0.4 is 5.32 Å². The molecule has 4 nitrogen and oxygen atoms in total. The average molecular weight is 462 g/mol. The van der Waals surface area contributed by atoms with Crippen LogP contribution in [0, 0.1) is 5.82 Å². The van der Waals surface area contributed by atoms with E-state index in [0.717, 1.165) is 53.7 Å². The van der Waals surface area contributed by atoms with Gasteiger partial charge in [-0.05, 0) is 79.3 Å². The zero-order valence-electron chi connectivity index (χ0n) is 18.4. The van der Waals surface area contributed by atoms with Crippen LogP contribution >= 0.6 is 11.6 Å². The van der Waals surface area contributed by atoms with E-state index >= 15 is 0 Å². The van der Waals surface area contributed by atoms with E-state index in [4.69, 9.17) is 16.6 Å². The molecule has 33 heavy (non-hydrogen) atoms. The molecular weight excluding hydrogens is 437 g/mol. The number of likely N-dealkylation sites (tertiary alicyclic amines) is 1. The van der Waals surface area contributed by atoms with Gasteiger partial charge in [0.05, 0.1) is 11.4 Å². The van der Waals surface area contributed by atoms with Crippen LogP contribution in [0.1, 0.15) is 53.2 Å². The van der Waals surface area contributed by atoms with E-state index in [1.54, 1.807) is 19.1 Å². The van der Waals surface area contributed by atoms with Crippen LogP contribution in [0.2, 0.25) is 5.02 Å². The van der Waals surface area contributed by atoms with Crippen molar-refractivity contribution in [2.45, 2.75) is 31.7 Å². The Labute approximate surface area is 198 Å². The predicted molar refractivity (Wildman–Crippen MR) is 131 cm³/mol. The summed E-state index contributed by atoms with van der Waals surface area (Å²) in [6.45, 7) is 3.32. The first-order valence-electron chi connectivity index (χ1n) is 11.2. The van der Waals surface area contributed by atoms with Gasteiger partial charge in [-0.2, -0.15) is 0 Å². The van der Waals surface area contributed by atoms with Crippen LogP contribution in [0.5, 0.6) is 0 Å². The van der Waals surface area contributed by atoms with Gasteiger partial charge in [-0.1, -0.05) is 35.9 Å². The Bertz CT molecular complexity index is 1200. The molecule has 3 aromatic rings. The molecule has 0 amide bonds. The first-order chi connectivity index (χ1) is 16.0. The van der Waals surface area contributed by atoms with Crippen molar-refractivity contribution in [1.82, 2.24) is 4.90 Å². The van der Waals surface area contributed by atoms with Gasteiger partial charge in [0, 0.05) is 23.7 Å². The standard InChI is InChI=1S/C27H25ClFN3O/c1-17(33)21-6-11-24-25(16-21)30-26(20-4-9-23(29)10-5-20)27(31-24)32-14-12-19(13-15-32)18-2-7-22(28)8-3-18/h2-11,16,19,26,30H,12-15H2,1H3. The minimum Gasteiger partial charge on any atom is -0.370 e. The molecule has 3 aromatic carbocycles. The van der Waals surface area contributed by atoms with E-state index in [-0.39, 0.29) is 17.6 Å². The lowest BCUT2D eigenvalue weighted by Crippen LogP contribution is -2.43. The second-order valence-electron chi connectivity index (χ2n) is 8.70. The first kappa shape index (κ1) is 21.7. The van der Waals surface area contributed by atoms with Crippen molar-refractivity contribution in [2.24, 2.45) is 4.99 Å². The van der Waals surface area contributed by atoms with Crippen LogP contribution in [0.4, 0.5) is 15.8 Å². The van der Waals surface area contributed by atoms with Gasteiger partial charge in [0.25, 0.3) is 0 Å². The topological polar surface area (TPSA) is 44.7 Å². The maximum Gasteiger partial charge on any atom is 0.159 e. The quantitative estimate of drug-likeness (QED) is 0.438. The Hall–Kier alpha value is -3.18. The highest BCUT2D eigenvalue weighted by atomic mass is 35.5. The number of hydrogen-bond donors (Lipinski definition) is 1. The van der Waals surface area contributed by atoms with Gasteiger partial charge in [0.2, 0.25) is 0 Å². The van der Waals surface area contributed by atoms with Crippen molar-refractivity contribution in [2.75, 3.05) is 18.4 Å². The lowest BCUT2D eigenvalue weighted by Gasteiger charge is -2.39. The largest absolute Gasteiger partial charge is 0.370 e. The minimum atomic E-state index is -0.268. The smallest absolute Gasteiger partial charge is 0.159 e. The monoisotopic (exact) mass is 461 g/mol. The van der Waals surface area contributed by atoms with Crippen molar-refractivity contribution in [1.29, 1.82) is 0 Å². The zero-order chi connectivity index (χ0) is 22.9. The summed E-state index contributed by atoms with van der Waals surface area (Å²) in [5.74, 6) is 1.16. The molecule has 0 saturated carbocycles. The molecule has 0 bridgehead atoms. The molecule has 5 rings (SSSR count). The van der Waals surface area contributed by atoms with E-state index in [1.807, 2.05) is 30.3 Å². The molecule has 1 unspecified atom stereocenters. The molecule has 2 aliphatic rings. The summed E-state index contributed by atoms with van der Waals surface area (Å²) in [4.78, 5) is 19.2. The fraction of sp³-hybridized carbons (Fsp3) is 0.259. The molecule has 1 fully saturated rings. The number of aliphatic imine (C=N–C) groups is 1. The number of carbonyl (C=O) groups excluding carboxylic acids is 1. The number of fused-ring (bicyclic) bond motifs is 1. The third-order valence-corrected chi connectivity index (χ3v) is 6.81. The maximum atomic E-state index is 13.6. The molecule has 6 heteroatoms. The van der Waals surface area contributed by atoms with Gasteiger partial charge in [-0.3, -0.25) is 4.79 Å². The van der Waals surface area contributed by atoms with Gasteiger partial charge in [0.15, 0.2) is 5.78 Å². The molecule has 2 heterocycles. The van der Waals surface area contributed by atoms with Crippen molar-refractivity contribution in [3.63, 3.8) is 0 Å². The number of benzene rings is 3. The first-order valence-corrected chi connectivity index (χ1v) is 11.6. The Kier molecular flexibility index (Phi) is 5.90. The number of hydrogen-bond acceptors (Lipinski definition) is 4. The highest BCUT2D eigenvalue weighted by Gasteiger charge is 2.31. The van der Waals surface area contributed by atoms with Crippen molar-refractivity contribution in [3.8, 4) is 0 Å². The Morgan fingerprint density at radius 3 is 2.33 bits per heavy atom. The zero-order valence-corrected chi connectivity index (χ0v) is 19.1. The number of nitrogens with one attached hydrogen (secondary N) is 1. The number of carbonyl (C=O) groups is 1. The van der Waals surface area contributed by atoms with Gasteiger partial charge < -0.3 is 10.2 Å². The van der Waals surface area contributed by atoms with E-state index in [9.17, 15) is 9.18 Å². The summed E-state index contributed by atoms with van der Waals surface area (Å²) < 4.78 is 13.6. The number of halogens is 2. The van der Waals surface area contributed by atoms with E-state index in [1.165, 1.54) is 17.7 Å². The minimum absolute atomic E-state index is 0.0111. The fourth-order valence-electron chi connectivity index (χ4n) is 4.69. The van der Waals surface area contributed by atoms with Crippen LogP contribution in [-0.4, -0.2) is 29.6 Å². The Morgan fingerprint density at radius 2 is 1.67 bits per heavy atom. The third-order valence-electron chi connectivity index (χ3n) is 6.56. The molecule has 1 atom stereocenters. The van der Waals surface area contributed by atoms with E-state index in [0.29, 0.717) is 11.5 Å². The van der Waals surface area contributed by atoms with Crippen LogP contribution in [0.25, 0.3) is 0 Å². The number of anilines is 1. The molecule has 168 valence electrons. The van der Waals surface area contributed by atoms with Crippen molar-refractivity contribution < 1.29 is 9.18 Å². The number of nitrogens with zero attached hydrogens (tertiary/aromatic N) is 2. The molecule has 0 radical (unpaired) electrons. The number of ketones is 1.